The molecule has 0 atom stereocenters. The van der Waals surface area contributed by atoms with E-state index in [0.29, 0.717) is 5.75 Å². The first-order valence-corrected chi connectivity index (χ1v) is 8.86. The molecule has 0 bridgehead atoms. The molecule has 0 aliphatic carbocycles. The third-order valence-electron chi connectivity index (χ3n) is 3.71. The van der Waals surface area contributed by atoms with Gasteiger partial charge in [-0.05, 0) is 25.2 Å². The van der Waals surface area contributed by atoms with Crippen molar-refractivity contribution in [3.63, 3.8) is 0 Å². The average molecular weight is 340 g/mol. The Bertz CT molecular complexity index is 665. The van der Waals surface area contributed by atoms with E-state index in [4.69, 9.17) is 4.74 Å². The summed E-state index contributed by atoms with van der Waals surface area (Å²) in [6.07, 6.45) is 1.28. The number of benzene rings is 1. The first kappa shape index (κ1) is 17.6. The summed E-state index contributed by atoms with van der Waals surface area (Å²) in [6.45, 7) is 3.63. The fourth-order valence-electron chi connectivity index (χ4n) is 2.34. The van der Waals surface area contributed by atoms with Gasteiger partial charge in [0.15, 0.2) is 0 Å². The number of piperazine rings is 1. The predicted molar refractivity (Wildman–Crippen MR) is 92.1 cm³/mol. The van der Waals surface area contributed by atoms with Crippen molar-refractivity contribution in [2.75, 3.05) is 59.3 Å². The van der Waals surface area contributed by atoms with Gasteiger partial charge in [0.25, 0.3) is 10.0 Å². The van der Waals surface area contributed by atoms with Crippen LogP contribution in [0, 0.1) is 0 Å². The minimum absolute atomic E-state index is 0.0922. The van der Waals surface area contributed by atoms with E-state index in [-0.39, 0.29) is 4.90 Å². The van der Waals surface area contributed by atoms with Gasteiger partial charge in [0.1, 0.15) is 17.0 Å². The molecule has 0 radical (unpaired) electrons. The molecule has 0 amide bonds. The molecule has 0 saturated carbocycles. The van der Waals surface area contributed by atoms with Gasteiger partial charge in [-0.3, -0.25) is 0 Å². The molecule has 2 rings (SSSR count). The van der Waals surface area contributed by atoms with Crippen LogP contribution in [0.4, 0.5) is 5.69 Å². The standard InChI is InChI=1S/C15H24N4O3S/c1-17(2)12-16-23(20,21)15-11-13(5-6-14(15)22-4)19-9-7-18(3)8-10-19/h5-6,11-12H,7-10H2,1-4H3. The first-order valence-electron chi connectivity index (χ1n) is 7.42. The SMILES string of the molecule is COc1ccc(N2CCN(C)CC2)cc1S(=O)(=O)N=CN(C)C. The second-order valence-corrected chi connectivity index (χ2v) is 7.39. The van der Waals surface area contributed by atoms with Gasteiger partial charge in [-0.15, -0.1) is 4.40 Å². The van der Waals surface area contributed by atoms with Crippen molar-refractivity contribution in [3.05, 3.63) is 18.2 Å². The van der Waals surface area contributed by atoms with Gasteiger partial charge in [-0.2, -0.15) is 8.42 Å². The lowest BCUT2D eigenvalue weighted by atomic mass is 10.2. The summed E-state index contributed by atoms with van der Waals surface area (Å²) in [5.41, 5.74) is 0.873. The van der Waals surface area contributed by atoms with Crippen molar-refractivity contribution in [3.8, 4) is 5.75 Å². The molecule has 1 fully saturated rings. The molecule has 1 aliphatic rings. The van der Waals surface area contributed by atoms with Crippen LogP contribution in [0.5, 0.6) is 5.75 Å². The third kappa shape index (κ3) is 4.35. The third-order valence-corrected chi connectivity index (χ3v) is 4.96. The molecule has 128 valence electrons. The molecule has 1 aromatic rings. The van der Waals surface area contributed by atoms with Gasteiger partial charge >= 0.3 is 0 Å². The van der Waals surface area contributed by atoms with Crippen LogP contribution in [0.15, 0.2) is 27.5 Å². The smallest absolute Gasteiger partial charge is 0.287 e. The van der Waals surface area contributed by atoms with Crippen LogP contribution < -0.4 is 9.64 Å². The van der Waals surface area contributed by atoms with Crippen molar-refractivity contribution in [2.24, 2.45) is 4.40 Å². The zero-order chi connectivity index (χ0) is 17.0. The maximum absolute atomic E-state index is 12.5. The maximum atomic E-state index is 12.5. The minimum Gasteiger partial charge on any atom is -0.495 e. The molecule has 1 aliphatic heterocycles. The van der Waals surface area contributed by atoms with Crippen LogP contribution in [-0.2, 0) is 10.0 Å². The van der Waals surface area contributed by atoms with Gasteiger partial charge in [-0.1, -0.05) is 0 Å². The Morgan fingerprint density at radius 3 is 2.43 bits per heavy atom. The lowest BCUT2D eigenvalue weighted by molar-refractivity contribution is 0.312. The fraction of sp³-hybridized carbons (Fsp3) is 0.533. The number of anilines is 1. The van der Waals surface area contributed by atoms with Crippen molar-refractivity contribution < 1.29 is 13.2 Å². The Morgan fingerprint density at radius 2 is 1.87 bits per heavy atom. The van der Waals surface area contributed by atoms with E-state index < -0.39 is 10.0 Å². The van der Waals surface area contributed by atoms with Crippen molar-refractivity contribution in [1.82, 2.24) is 9.80 Å². The number of hydrogen-bond donors (Lipinski definition) is 0. The van der Waals surface area contributed by atoms with E-state index in [2.05, 4.69) is 21.2 Å². The summed E-state index contributed by atoms with van der Waals surface area (Å²) in [5.74, 6) is 0.304. The van der Waals surface area contributed by atoms with Crippen molar-refractivity contribution in [1.29, 1.82) is 0 Å². The molecule has 0 spiro atoms. The van der Waals surface area contributed by atoms with Gasteiger partial charge in [-0.25, -0.2) is 0 Å². The number of nitrogens with zero attached hydrogens (tertiary/aromatic N) is 4. The zero-order valence-corrected chi connectivity index (χ0v) is 14.9. The van der Waals surface area contributed by atoms with Crippen LogP contribution >= 0.6 is 0 Å². The summed E-state index contributed by atoms with van der Waals surface area (Å²) in [7, 11) is 3.17. The summed E-state index contributed by atoms with van der Waals surface area (Å²) >= 11 is 0. The number of ether oxygens (including phenoxy) is 1. The topological polar surface area (TPSA) is 65.5 Å². The number of likely N-dealkylation sites (N-methyl/N-ethyl adjacent to an activating group) is 1. The zero-order valence-electron chi connectivity index (χ0n) is 14.1. The number of methoxy groups -OCH3 is 1. The molecule has 1 heterocycles. The molecule has 0 unspecified atom stereocenters. The summed E-state index contributed by atoms with van der Waals surface area (Å²) in [6, 6.07) is 5.22. The molecule has 1 aromatic carbocycles. The van der Waals surface area contributed by atoms with Gasteiger partial charge in [0, 0.05) is 46.0 Å². The normalized spacial score (nSPS) is 16.8. The lowest BCUT2D eigenvalue weighted by Gasteiger charge is -2.34. The van der Waals surface area contributed by atoms with E-state index in [9.17, 15) is 8.42 Å². The second kappa shape index (κ2) is 7.18. The van der Waals surface area contributed by atoms with E-state index in [1.807, 2.05) is 6.07 Å². The average Bonchev–Trinajstić information content (AvgIpc) is 2.53. The van der Waals surface area contributed by atoms with E-state index >= 15 is 0 Å². The van der Waals surface area contributed by atoms with E-state index in [1.54, 1.807) is 31.1 Å². The molecule has 8 heteroatoms. The highest BCUT2D eigenvalue weighted by Crippen LogP contribution is 2.30. The Labute approximate surface area is 138 Å². The Hall–Kier alpha value is -1.80. The van der Waals surface area contributed by atoms with Crippen LogP contribution in [0.2, 0.25) is 0 Å². The van der Waals surface area contributed by atoms with Crippen LogP contribution in [0.1, 0.15) is 0 Å². The largest absolute Gasteiger partial charge is 0.495 e. The Balaban J connectivity index is 2.36. The molecule has 0 N–H and O–H groups in total. The molecule has 0 aromatic heterocycles. The summed E-state index contributed by atoms with van der Waals surface area (Å²) in [5, 5.41) is 0. The van der Waals surface area contributed by atoms with E-state index in [1.165, 1.54) is 13.4 Å². The number of rotatable bonds is 5. The predicted octanol–water partition coefficient (Wildman–Crippen LogP) is 0.726. The highest BCUT2D eigenvalue weighted by atomic mass is 32.2. The van der Waals surface area contributed by atoms with E-state index in [0.717, 1.165) is 31.9 Å². The van der Waals surface area contributed by atoms with Crippen molar-refractivity contribution in [2.45, 2.75) is 4.90 Å². The molecule has 23 heavy (non-hydrogen) atoms. The first-order chi connectivity index (χ1) is 10.8. The van der Waals surface area contributed by atoms with Gasteiger partial charge in [0.05, 0.1) is 7.11 Å². The molecular weight excluding hydrogens is 316 g/mol. The Kier molecular flexibility index (Phi) is 5.48. The van der Waals surface area contributed by atoms with Gasteiger partial charge in [0.2, 0.25) is 0 Å². The molecule has 7 nitrogen and oxygen atoms in total. The highest BCUT2D eigenvalue weighted by Gasteiger charge is 2.22. The fourth-order valence-corrected chi connectivity index (χ4v) is 3.44. The van der Waals surface area contributed by atoms with Crippen LogP contribution in [0.25, 0.3) is 0 Å². The van der Waals surface area contributed by atoms with Crippen molar-refractivity contribution >= 4 is 22.0 Å². The van der Waals surface area contributed by atoms with Gasteiger partial charge < -0.3 is 19.4 Å². The summed E-state index contributed by atoms with van der Waals surface area (Å²) < 4.78 is 33.8. The number of sulfonamides is 1. The highest BCUT2D eigenvalue weighted by molar-refractivity contribution is 7.90. The maximum Gasteiger partial charge on any atom is 0.287 e. The quantitative estimate of drug-likeness (QED) is 0.581. The number of hydrogen-bond acceptors (Lipinski definition) is 5. The summed E-state index contributed by atoms with van der Waals surface area (Å²) in [4.78, 5) is 6.09. The molecular formula is C15H24N4O3S. The van der Waals surface area contributed by atoms with Crippen LogP contribution in [-0.4, -0.2) is 79.0 Å². The monoisotopic (exact) mass is 340 g/mol. The minimum atomic E-state index is -3.80. The van der Waals surface area contributed by atoms with Crippen LogP contribution in [0.3, 0.4) is 0 Å². The Morgan fingerprint density at radius 1 is 1.22 bits per heavy atom. The lowest BCUT2D eigenvalue weighted by Crippen LogP contribution is -2.44. The second-order valence-electron chi connectivity index (χ2n) is 5.79. The molecule has 1 saturated heterocycles.